The van der Waals surface area contributed by atoms with E-state index in [1.165, 1.54) is 13.1 Å². The lowest BCUT2D eigenvalue weighted by molar-refractivity contribution is 0.104. The standard InChI is InChI=1S/C13H24N2O2/c16-13-3-11-7-15(8-12(11)4-13)6-10-5-14-1-2-17-9-10/h10-14,16H,1-9H2/t10?,11-,12+,13?. The molecule has 0 bridgehead atoms. The zero-order chi connectivity index (χ0) is 11.7. The van der Waals surface area contributed by atoms with Gasteiger partial charge in [0.05, 0.1) is 19.3 Å². The summed E-state index contributed by atoms with van der Waals surface area (Å²) in [6, 6.07) is 0. The van der Waals surface area contributed by atoms with Crippen LogP contribution in [-0.2, 0) is 4.74 Å². The van der Waals surface area contributed by atoms with Gasteiger partial charge in [0, 0.05) is 38.6 Å². The lowest BCUT2D eigenvalue weighted by atomic mass is 10.0. The van der Waals surface area contributed by atoms with Crippen LogP contribution in [0.25, 0.3) is 0 Å². The molecular formula is C13H24N2O2. The predicted octanol–water partition coefficient (Wildman–Crippen LogP) is -0.0749. The maximum Gasteiger partial charge on any atom is 0.0591 e. The molecule has 2 aliphatic heterocycles. The van der Waals surface area contributed by atoms with Crippen LogP contribution >= 0.6 is 0 Å². The van der Waals surface area contributed by atoms with Crippen LogP contribution in [-0.4, -0.2) is 62.0 Å². The molecule has 17 heavy (non-hydrogen) atoms. The Kier molecular flexibility index (Phi) is 3.66. The first-order chi connectivity index (χ1) is 8.31. The first-order valence-electron chi connectivity index (χ1n) is 7.00. The Morgan fingerprint density at radius 2 is 2.00 bits per heavy atom. The quantitative estimate of drug-likeness (QED) is 0.709. The third-order valence-electron chi connectivity index (χ3n) is 4.53. The summed E-state index contributed by atoms with van der Waals surface area (Å²) in [7, 11) is 0. The molecule has 1 saturated carbocycles. The van der Waals surface area contributed by atoms with Crippen LogP contribution < -0.4 is 5.32 Å². The molecule has 4 atom stereocenters. The Balaban J connectivity index is 1.47. The van der Waals surface area contributed by atoms with Crippen molar-refractivity contribution in [3.8, 4) is 0 Å². The van der Waals surface area contributed by atoms with Gasteiger partial charge in [-0.25, -0.2) is 0 Å². The van der Waals surface area contributed by atoms with Gasteiger partial charge in [-0.3, -0.25) is 0 Å². The van der Waals surface area contributed by atoms with Crippen LogP contribution in [0.1, 0.15) is 12.8 Å². The van der Waals surface area contributed by atoms with Crippen molar-refractivity contribution in [1.82, 2.24) is 10.2 Å². The van der Waals surface area contributed by atoms with E-state index in [0.29, 0.717) is 5.92 Å². The number of likely N-dealkylation sites (tertiary alicyclic amines) is 1. The summed E-state index contributed by atoms with van der Waals surface area (Å²) in [6.45, 7) is 7.39. The Bertz CT molecular complexity index is 240. The highest BCUT2D eigenvalue weighted by molar-refractivity contribution is 4.92. The lowest BCUT2D eigenvalue weighted by Crippen LogP contribution is -2.35. The number of fused-ring (bicyclic) bond motifs is 1. The molecule has 2 saturated heterocycles. The van der Waals surface area contributed by atoms with Crippen molar-refractivity contribution in [3.05, 3.63) is 0 Å². The highest BCUT2D eigenvalue weighted by Crippen LogP contribution is 2.38. The summed E-state index contributed by atoms with van der Waals surface area (Å²) in [5.74, 6) is 2.15. The minimum absolute atomic E-state index is 0.0185. The van der Waals surface area contributed by atoms with Crippen molar-refractivity contribution >= 4 is 0 Å². The second-order valence-electron chi connectivity index (χ2n) is 6.01. The summed E-state index contributed by atoms with van der Waals surface area (Å²) in [4.78, 5) is 2.59. The molecule has 0 aromatic carbocycles. The highest BCUT2D eigenvalue weighted by atomic mass is 16.5. The van der Waals surface area contributed by atoms with E-state index in [0.717, 1.165) is 57.5 Å². The summed E-state index contributed by atoms with van der Waals surface area (Å²) in [6.07, 6.45) is 2.04. The Morgan fingerprint density at radius 3 is 2.76 bits per heavy atom. The second kappa shape index (κ2) is 5.22. The van der Waals surface area contributed by atoms with Crippen molar-refractivity contribution in [2.45, 2.75) is 18.9 Å². The van der Waals surface area contributed by atoms with Crippen molar-refractivity contribution in [2.75, 3.05) is 45.9 Å². The first-order valence-corrected chi connectivity index (χ1v) is 7.00. The van der Waals surface area contributed by atoms with Gasteiger partial charge < -0.3 is 20.1 Å². The number of rotatable bonds is 2. The van der Waals surface area contributed by atoms with Gasteiger partial charge >= 0.3 is 0 Å². The third-order valence-corrected chi connectivity index (χ3v) is 4.53. The molecule has 2 heterocycles. The first kappa shape index (κ1) is 11.9. The minimum Gasteiger partial charge on any atom is -0.393 e. The van der Waals surface area contributed by atoms with Crippen LogP contribution in [0.15, 0.2) is 0 Å². The van der Waals surface area contributed by atoms with Crippen LogP contribution in [0.5, 0.6) is 0 Å². The summed E-state index contributed by atoms with van der Waals surface area (Å²) < 4.78 is 5.60. The molecule has 0 aromatic heterocycles. The zero-order valence-corrected chi connectivity index (χ0v) is 10.5. The van der Waals surface area contributed by atoms with Crippen LogP contribution in [0.2, 0.25) is 0 Å². The monoisotopic (exact) mass is 240 g/mol. The molecule has 2 unspecified atom stereocenters. The van der Waals surface area contributed by atoms with Crippen molar-refractivity contribution < 1.29 is 9.84 Å². The van der Waals surface area contributed by atoms with Crippen LogP contribution in [0.4, 0.5) is 0 Å². The molecule has 3 rings (SSSR count). The average Bonchev–Trinajstić information content (AvgIpc) is 2.69. The Hall–Kier alpha value is -0.160. The molecular weight excluding hydrogens is 216 g/mol. The molecule has 0 spiro atoms. The largest absolute Gasteiger partial charge is 0.393 e. The third kappa shape index (κ3) is 2.81. The average molecular weight is 240 g/mol. The van der Waals surface area contributed by atoms with Gasteiger partial charge in [0.25, 0.3) is 0 Å². The van der Waals surface area contributed by atoms with E-state index in [9.17, 15) is 5.11 Å². The molecule has 2 N–H and O–H groups in total. The van der Waals surface area contributed by atoms with Gasteiger partial charge in [0.2, 0.25) is 0 Å². The second-order valence-corrected chi connectivity index (χ2v) is 6.01. The van der Waals surface area contributed by atoms with E-state index < -0.39 is 0 Å². The molecule has 0 aromatic rings. The van der Waals surface area contributed by atoms with Gasteiger partial charge in [0.15, 0.2) is 0 Å². The van der Waals surface area contributed by atoms with Gasteiger partial charge in [-0.15, -0.1) is 0 Å². The molecule has 4 nitrogen and oxygen atoms in total. The molecule has 3 aliphatic rings. The molecule has 0 amide bonds. The molecule has 3 fully saturated rings. The fourth-order valence-corrected chi connectivity index (χ4v) is 3.76. The minimum atomic E-state index is -0.0185. The van der Waals surface area contributed by atoms with Crippen molar-refractivity contribution in [2.24, 2.45) is 17.8 Å². The number of hydrogen-bond acceptors (Lipinski definition) is 4. The molecule has 1 aliphatic carbocycles. The normalized spacial score (nSPS) is 43.6. The van der Waals surface area contributed by atoms with Gasteiger partial charge in [0.1, 0.15) is 0 Å². The fraction of sp³-hybridized carbons (Fsp3) is 1.00. The van der Waals surface area contributed by atoms with Crippen molar-refractivity contribution in [3.63, 3.8) is 0 Å². The highest BCUT2D eigenvalue weighted by Gasteiger charge is 2.40. The number of nitrogens with one attached hydrogen (secondary N) is 1. The number of nitrogens with zero attached hydrogens (tertiary/aromatic N) is 1. The maximum atomic E-state index is 9.63. The number of aliphatic hydroxyl groups excluding tert-OH is 1. The summed E-state index contributed by atoms with van der Waals surface area (Å²) in [5, 5.41) is 13.1. The Labute approximate surface area is 103 Å². The smallest absolute Gasteiger partial charge is 0.0591 e. The van der Waals surface area contributed by atoms with Crippen molar-refractivity contribution in [1.29, 1.82) is 0 Å². The lowest BCUT2D eigenvalue weighted by Gasteiger charge is -2.23. The summed E-state index contributed by atoms with van der Waals surface area (Å²) in [5.41, 5.74) is 0. The zero-order valence-electron chi connectivity index (χ0n) is 10.5. The predicted molar refractivity (Wildman–Crippen MR) is 65.8 cm³/mol. The number of hydrogen-bond donors (Lipinski definition) is 2. The van der Waals surface area contributed by atoms with Crippen LogP contribution in [0.3, 0.4) is 0 Å². The van der Waals surface area contributed by atoms with E-state index in [2.05, 4.69) is 10.2 Å². The van der Waals surface area contributed by atoms with E-state index in [1.807, 2.05) is 0 Å². The fourth-order valence-electron chi connectivity index (χ4n) is 3.76. The molecule has 0 radical (unpaired) electrons. The van der Waals surface area contributed by atoms with Gasteiger partial charge in [-0.1, -0.05) is 0 Å². The Morgan fingerprint density at radius 1 is 1.24 bits per heavy atom. The van der Waals surface area contributed by atoms with E-state index in [4.69, 9.17) is 4.74 Å². The summed E-state index contributed by atoms with van der Waals surface area (Å²) >= 11 is 0. The van der Waals surface area contributed by atoms with Gasteiger partial charge in [-0.2, -0.15) is 0 Å². The van der Waals surface area contributed by atoms with E-state index in [-0.39, 0.29) is 6.10 Å². The number of aliphatic hydroxyl groups is 1. The maximum absolute atomic E-state index is 9.63. The van der Waals surface area contributed by atoms with Crippen LogP contribution in [0, 0.1) is 17.8 Å². The van der Waals surface area contributed by atoms with E-state index in [1.54, 1.807) is 0 Å². The molecule has 98 valence electrons. The SMILES string of the molecule is OC1C[C@@H]2CN(CC3CNCCOC3)C[C@@H]2C1. The van der Waals surface area contributed by atoms with Gasteiger partial charge in [-0.05, 0) is 24.7 Å². The molecule has 4 heteroatoms. The topological polar surface area (TPSA) is 44.7 Å². The number of ether oxygens (including phenoxy) is 1. The van der Waals surface area contributed by atoms with E-state index >= 15 is 0 Å².